The molecule has 0 saturated carbocycles. The molecule has 0 aliphatic heterocycles. The molecule has 0 spiro atoms. The molecule has 1 heterocycles. The molecule has 146 valence electrons. The van der Waals surface area contributed by atoms with Crippen molar-refractivity contribution in [1.82, 2.24) is 18.9 Å². The van der Waals surface area contributed by atoms with E-state index in [9.17, 15) is 0 Å². The third-order valence-electron chi connectivity index (χ3n) is 5.19. The Labute approximate surface area is 164 Å². The molecule has 5 heteroatoms. The Kier molecular flexibility index (Phi) is 7.05. The fourth-order valence-corrected chi connectivity index (χ4v) is 4.03. The topological polar surface area (TPSA) is 16.3 Å². The molecule has 0 aliphatic rings. The van der Waals surface area contributed by atoms with Gasteiger partial charge < -0.3 is 9.13 Å². The van der Waals surface area contributed by atoms with Gasteiger partial charge in [0.1, 0.15) is 0 Å². The summed E-state index contributed by atoms with van der Waals surface area (Å²) in [6, 6.07) is 10.5. The lowest BCUT2D eigenvalue weighted by Gasteiger charge is -2.31. The average molecular weight is 377 g/mol. The largest absolute Gasteiger partial charge is 0.303 e. The van der Waals surface area contributed by atoms with Gasteiger partial charge in [-0.05, 0) is 79.7 Å². The van der Waals surface area contributed by atoms with E-state index in [2.05, 4.69) is 98.6 Å². The van der Waals surface area contributed by atoms with Gasteiger partial charge in [-0.25, -0.2) is 0 Å². The first-order valence-corrected chi connectivity index (χ1v) is 10.3. The molecule has 0 N–H and O–H groups in total. The van der Waals surface area contributed by atoms with Crippen molar-refractivity contribution in [2.75, 3.05) is 0 Å². The number of para-hydroxylation sites is 2. The van der Waals surface area contributed by atoms with E-state index in [1.165, 1.54) is 11.0 Å². The maximum atomic E-state index is 5.95. The molecule has 0 radical (unpaired) electrons. The number of fused-ring (bicyclic) bond motifs is 1. The summed E-state index contributed by atoms with van der Waals surface area (Å²) in [6.07, 6.45) is 0. The van der Waals surface area contributed by atoms with Gasteiger partial charge in [-0.15, -0.1) is 0 Å². The standard InChI is InChI=1S/C21H36N4S/c1-15(2)22(16(3)4)13-24-19-11-9-10-12-20(19)25(21(24)26)14-23(17(5)6)18(7)8/h9-12,15-18H,13-14H2,1-8H3. The average Bonchev–Trinajstić information content (AvgIpc) is 2.80. The second kappa shape index (κ2) is 8.68. The van der Waals surface area contributed by atoms with Crippen molar-refractivity contribution in [3.8, 4) is 0 Å². The van der Waals surface area contributed by atoms with Crippen LogP contribution < -0.4 is 0 Å². The number of rotatable bonds is 8. The van der Waals surface area contributed by atoms with Crippen LogP contribution in [0.4, 0.5) is 0 Å². The fourth-order valence-electron chi connectivity index (χ4n) is 3.72. The first-order valence-electron chi connectivity index (χ1n) is 9.84. The maximum Gasteiger partial charge on any atom is 0.183 e. The number of benzene rings is 1. The van der Waals surface area contributed by atoms with E-state index in [0.29, 0.717) is 24.2 Å². The van der Waals surface area contributed by atoms with E-state index in [1.54, 1.807) is 0 Å². The number of hydrogen-bond acceptors (Lipinski definition) is 3. The number of imidazole rings is 1. The third kappa shape index (κ3) is 4.38. The van der Waals surface area contributed by atoms with Gasteiger partial charge in [-0.3, -0.25) is 9.80 Å². The normalized spacial score (nSPS) is 12.8. The van der Waals surface area contributed by atoms with E-state index in [4.69, 9.17) is 12.2 Å². The molecule has 4 nitrogen and oxygen atoms in total. The first kappa shape index (κ1) is 21.1. The lowest BCUT2D eigenvalue weighted by Crippen LogP contribution is -2.39. The minimum Gasteiger partial charge on any atom is -0.303 e. The van der Waals surface area contributed by atoms with Crippen LogP contribution in [-0.4, -0.2) is 43.1 Å². The molecule has 0 fully saturated rings. The second-order valence-electron chi connectivity index (χ2n) is 8.31. The molecule has 1 aromatic carbocycles. The van der Waals surface area contributed by atoms with Crippen LogP contribution in [0.25, 0.3) is 11.0 Å². The van der Waals surface area contributed by atoms with Crippen molar-refractivity contribution < 1.29 is 0 Å². The monoisotopic (exact) mass is 376 g/mol. The zero-order valence-electron chi connectivity index (χ0n) is 17.7. The summed E-state index contributed by atoms with van der Waals surface area (Å²) < 4.78 is 5.50. The lowest BCUT2D eigenvalue weighted by atomic mass is 10.2. The molecule has 0 aliphatic carbocycles. The van der Waals surface area contributed by atoms with Crippen molar-refractivity contribution in [2.24, 2.45) is 0 Å². The Balaban J connectivity index is 2.53. The Bertz CT molecular complexity index is 692. The third-order valence-corrected chi connectivity index (χ3v) is 5.63. The quantitative estimate of drug-likeness (QED) is 0.580. The van der Waals surface area contributed by atoms with Crippen LogP contribution in [0.15, 0.2) is 24.3 Å². The summed E-state index contributed by atoms with van der Waals surface area (Å²) in [5, 5.41) is 0. The van der Waals surface area contributed by atoms with Crippen molar-refractivity contribution >= 4 is 23.3 Å². The number of aromatic nitrogens is 2. The van der Waals surface area contributed by atoms with Crippen LogP contribution in [0.3, 0.4) is 0 Å². The highest BCUT2D eigenvalue weighted by Crippen LogP contribution is 2.21. The van der Waals surface area contributed by atoms with Crippen molar-refractivity contribution in [2.45, 2.75) is 92.9 Å². The molecule has 26 heavy (non-hydrogen) atoms. The highest BCUT2D eigenvalue weighted by atomic mass is 32.1. The summed E-state index contributed by atoms with van der Waals surface area (Å²) in [4.78, 5) is 4.96. The van der Waals surface area contributed by atoms with Crippen LogP contribution in [-0.2, 0) is 13.3 Å². The highest BCUT2D eigenvalue weighted by molar-refractivity contribution is 7.71. The minimum absolute atomic E-state index is 0.474. The summed E-state index contributed by atoms with van der Waals surface area (Å²) in [5.74, 6) is 0. The first-order chi connectivity index (χ1) is 12.1. The van der Waals surface area contributed by atoms with Gasteiger partial charge in [0.05, 0.1) is 24.4 Å². The molecule has 2 aromatic rings. The van der Waals surface area contributed by atoms with Gasteiger partial charge >= 0.3 is 0 Å². The second-order valence-corrected chi connectivity index (χ2v) is 8.68. The Hall–Kier alpha value is -1.17. The van der Waals surface area contributed by atoms with Gasteiger partial charge in [0.2, 0.25) is 0 Å². The zero-order valence-corrected chi connectivity index (χ0v) is 18.5. The van der Waals surface area contributed by atoms with E-state index in [-0.39, 0.29) is 0 Å². The van der Waals surface area contributed by atoms with Gasteiger partial charge in [-0.1, -0.05) is 12.1 Å². The summed E-state index contributed by atoms with van der Waals surface area (Å²) in [5.41, 5.74) is 2.44. The number of nitrogens with zero attached hydrogens (tertiary/aromatic N) is 4. The smallest absolute Gasteiger partial charge is 0.183 e. The maximum absolute atomic E-state index is 5.95. The van der Waals surface area contributed by atoms with Crippen LogP contribution >= 0.6 is 12.2 Å². The molecule has 0 atom stereocenters. The van der Waals surface area contributed by atoms with Gasteiger partial charge in [0.25, 0.3) is 0 Å². The van der Waals surface area contributed by atoms with Crippen LogP contribution in [0.5, 0.6) is 0 Å². The summed E-state index contributed by atoms with van der Waals surface area (Å²) >= 11 is 5.95. The lowest BCUT2D eigenvalue weighted by molar-refractivity contribution is 0.123. The molecule has 0 saturated heterocycles. The Morgan fingerprint density at radius 1 is 0.692 bits per heavy atom. The number of hydrogen-bond donors (Lipinski definition) is 0. The molecular weight excluding hydrogens is 340 g/mol. The predicted octanol–water partition coefficient (Wildman–Crippen LogP) is 5.32. The van der Waals surface area contributed by atoms with Gasteiger partial charge in [0, 0.05) is 24.2 Å². The minimum atomic E-state index is 0.474. The summed E-state index contributed by atoms with van der Waals surface area (Å²) in [7, 11) is 0. The molecule has 1 aromatic heterocycles. The van der Waals surface area contributed by atoms with Crippen molar-refractivity contribution in [1.29, 1.82) is 0 Å². The SMILES string of the molecule is CC(C)N(Cn1c(=S)n(CN(C(C)C)C(C)C)c2ccccc21)C(C)C. The predicted molar refractivity (Wildman–Crippen MR) is 115 cm³/mol. The van der Waals surface area contributed by atoms with Gasteiger partial charge in [-0.2, -0.15) is 0 Å². The highest BCUT2D eigenvalue weighted by Gasteiger charge is 2.20. The zero-order chi connectivity index (χ0) is 19.6. The Morgan fingerprint density at radius 3 is 1.27 bits per heavy atom. The molecule has 0 amide bonds. The van der Waals surface area contributed by atoms with E-state index < -0.39 is 0 Å². The van der Waals surface area contributed by atoms with E-state index >= 15 is 0 Å². The van der Waals surface area contributed by atoms with Gasteiger partial charge in [0.15, 0.2) is 4.77 Å². The van der Waals surface area contributed by atoms with E-state index in [1.807, 2.05) is 0 Å². The molecule has 0 unspecified atom stereocenters. The van der Waals surface area contributed by atoms with Crippen molar-refractivity contribution in [3.63, 3.8) is 0 Å². The fraction of sp³-hybridized carbons (Fsp3) is 0.667. The van der Waals surface area contributed by atoms with Crippen LogP contribution in [0.2, 0.25) is 0 Å². The molecular formula is C21H36N4S. The Morgan fingerprint density at radius 2 is 1.00 bits per heavy atom. The summed E-state index contributed by atoms with van der Waals surface area (Å²) in [6.45, 7) is 19.7. The molecule has 2 rings (SSSR count). The van der Waals surface area contributed by atoms with E-state index in [0.717, 1.165) is 18.1 Å². The van der Waals surface area contributed by atoms with Crippen LogP contribution in [0, 0.1) is 4.77 Å². The molecule has 0 bridgehead atoms. The van der Waals surface area contributed by atoms with Crippen molar-refractivity contribution in [3.05, 3.63) is 29.0 Å². The van der Waals surface area contributed by atoms with Crippen LogP contribution in [0.1, 0.15) is 55.4 Å².